The van der Waals surface area contributed by atoms with Crippen molar-refractivity contribution in [3.05, 3.63) is 18.0 Å². The highest BCUT2D eigenvalue weighted by atomic mass is 127. The SMILES string of the molecule is CCNC(=NCC(c1cnn(C)c1)N(C)C)NCCC(C)C.I. The molecule has 1 atom stereocenters. The molecule has 0 radical (unpaired) electrons. The van der Waals surface area contributed by atoms with E-state index >= 15 is 0 Å². The maximum atomic E-state index is 4.73. The number of nitrogens with one attached hydrogen (secondary N) is 2. The largest absolute Gasteiger partial charge is 0.357 e. The van der Waals surface area contributed by atoms with Crippen LogP contribution in [0.4, 0.5) is 0 Å². The molecule has 0 amide bonds. The van der Waals surface area contributed by atoms with Crippen LogP contribution in [0, 0.1) is 5.92 Å². The van der Waals surface area contributed by atoms with E-state index in [9.17, 15) is 0 Å². The summed E-state index contributed by atoms with van der Waals surface area (Å²) in [6.07, 6.45) is 5.11. The molecule has 0 aliphatic heterocycles. The number of nitrogens with zero attached hydrogens (tertiary/aromatic N) is 4. The fourth-order valence-electron chi connectivity index (χ4n) is 2.18. The van der Waals surface area contributed by atoms with Crippen molar-refractivity contribution in [2.75, 3.05) is 33.7 Å². The van der Waals surface area contributed by atoms with Gasteiger partial charge in [-0.3, -0.25) is 9.67 Å². The lowest BCUT2D eigenvalue weighted by atomic mass is 10.1. The zero-order chi connectivity index (χ0) is 16.5. The van der Waals surface area contributed by atoms with Crippen molar-refractivity contribution < 1.29 is 0 Å². The van der Waals surface area contributed by atoms with E-state index in [1.807, 2.05) is 17.9 Å². The molecular formula is C16H33IN6. The maximum absolute atomic E-state index is 4.73. The standard InChI is InChI=1S/C16H32N6.HI/c1-7-17-16(18-9-8-13(2)3)19-11-15(21(4)5)14-10-20-22(6)12-14;/h10,12-13,15H,7-9,11H2,1-6H3,(H2,17,18,19);1H. The van der Waals surface area contributed by atoms with E-state index in [0.717, 1.165) is 25.5 Å². The molecule has 1 unspecified atom stereocenters. The van der Waals surface area contributed by atoms with Crippen molar-refractivity contribution in [1.82, 2.24) is 25.3 Å². The Morgan fingerprint density at radius 1 is 1.35 bits per heavy atom. The average molecular weight is 436 g/mol. The monoisotopic (exact) mass is 436 g/mol. The Morgan fingerprint density at radius 3 is 2.52 bits per heavy atom. The summed E-state index contributed by atoms with van der Waals surface area (Å²) in [5.74, 6) is 1.58. The Labute approximate surface area is 158 Å². The first-order chi connectivity index (χ1) is 10.4. The van der Waals surface area contributed by atoms with Crippen molar-refractivity contribution in [2.24, 2.45) is 18.0 Å². The van der Waals surface area contributed by atoms with Crippen molar-refractivity contribution in [3.63, 3.8) is 0 Å². The number of aromatic nitrogens is 2. The first-order valence-corrected chi connectivity index (χ1v) is 8.11. The smallest absolute Gasteiger partial charge is 0.191 e. The number of rotatable bonds is 8. The summed E-state index contributed by atoms with van der Waals surface area (Å²) in [6.45, 7) is 9.07. The van der Waals surface area contributed by atoms with Gasteiger partial charge in [0.1, 0.15) is 0 Å². The number of guanidine groups is 1. The van der Waals surface area contributed by atoms with E-state index in [1.165, 1.54) is 5.56 Å². The van der Waals surface area contributed by atoms with Gasteiger partial charge in [0.15, 0.2) is 5.96 Å². The fourth-order valence-corrected chi connectivity index (χ4v) is 2.18. The van der Waals surface area contributed by atoms with Crippen LogP contribution in [0.3, 0.4) is 0 Å². The number of aryl methyl sites for hydroxylation is 1. The van der Waals surface area contributed by atoms with Gasteiger partial charge in [0.2, 0.25) is 0 Å². The first kappa shape index (κ1) is 22.2. The summed E-state index contributed by atoms with van der Waals surface area (Å²) in [5, 5.41) is 11.0. The van der Waals surface area contributed by atoms with Gasteiger partial charge in [-0.2, -0.15) is 5.10 Å². The highest BCUT2D eigenvalue weighted by Gasteiger charge is 2.15. The third-order valence-electron chi connectivity index (χ3n) is 3.51. The van der Waals surface area contributed by atoms with Gasteiger partial charge in [0, 0.05) is 31.9 Å². The van der Waals surface area contributed by atoms with Gasteiger partial charge in [-0.05, 0) is 33.4 Å². The van der Waals surface area contributed by atoms with Gasteiger partial charge < -0.3 is 15.5 Å². The molecule has 1 heterocycles. The summed E-state index contributed by atoms with van der Waals surface area (Å²) < 4.78 is 1.83. The molecule has 7 heteroatoms. The van der Waals surface area contributed by atoms with Gasteiger partial charge >= 0.3 is 0 Å². The molecule has 23 heavy (non-hydrogen) atoms. The quantitative estimate of drug-likeness (QED) is 0.373. The van der Waals surface area contributed by atoms with Gasteiger partial charge in [-0.15, -0.1) is 24.0 Å². The van der Waals surface area contributed by atoms with Crippen molar-refractivity contribution in [3.8, 4) is 0 Å². The van der Waals surface area contributed by atoms with Crippen LogP contribution in [-0.2, 0) is 7.05 Å². The Kier molecular flexibility index (Phi) is 11.2. The second-order valence-corrected chi connectivity index (χ2v) is 6.26. The summed E-state index contributed by atoms with van der Waals surface area (Å²) in [5.41, 5.74) is 1.19. The van der Waals surface area contributed by atoms with Crippen LogP contribution in [0.25, 0.3) is 0 Å². The predicted molar refractivity (Wildman–Crippen MR) is 108 cm³/mol. The summed E-state index contributed by atoms with van der Waals surface area (Å²) >= 11 is 0. The molecule has 1 aromatic rings. The number of halogens is 1. The molecular weight excluding hydrogens is 403 g/mol. The molecule has 0 aliphatic carbocycles. The van der Waals surface area contributed by atoms with E-state index in [0.29, 0.717) is 12.5 Å². The van der Waals surface area contributed by atoms with E-state index < -0.39 is 0 Å². The second kappa shape index (κ2) is 11.7. The van der Waals surface area contributed by atoms with Gasteiger partial charge in [-0.1, -0.05) is 13.8 Å². The molecule has 134 valence electrons. The number of hydrogen-bond acceptors (Lipinski definition) is 3. The second-order valence-electron chi connectivity index (χ2n) is 6.26. The third-order valence-corrected chi connectivity index (χ3v) is 3.51. The Hall–Kier alpha value is -0.830. The van der Waals surface area contributed by atoms with E-state index in [4.69, 9.17) is 4.99 Å². The lowest BCUT2D eigenvalue weighted by molar-refractivity contribution is 0.306. The molecule has 0 aliphatic rings. The zero-order valence-corrected chi connectivity index (χ0v) is 17.7. The number of aliphatic imine (C=N–C) groups is 1. The molecule has 0 saturated carbocycles. The molecule has 0 fully saturated rings. The van der Waals surface area contributed by atoms with Crippen molar-refractivity contribution >= 4 is 29.9 Å². The maximum Gasteiger partial charge on any atom is 0.191 e. The van der Waals surface area contributed by atoms with Crippen LogP contribution < -0.4 is 10.6 Å². The minimum absolute atomic E-state index is 0. The van der Waals surface area contributed by atoms with Gasteiger partial charge in [0.05, 0.1) is 18.8 Å². The van der Waals surface area contributed by atoms with Gasteiger partial charge in [0.25, 0.3) is 0 Å². The van der Waals surface area contributed by atoms with Crippen LogP contribution >= 0.6 is 24.0 Å². The summed E-state index contributed by atoms with van der Waals surface area (Å²) in [6, 6.07) is 0.231. The molecule has 0 aromatic carbocycles. The zero-order valence-electron chi connectivity index (χ0n) is 15.3. The average Bonchev–Trinajstić information content (AvgIpc) is 2.84. The van der Waals surface area contributed by atoms with Crippen LogP contribution in [0.2, 0.25) is 0 Å². The molecule has 1 rings (SSSR count). The van der Waals surface area contributed by atoms with Gasteiger partial charge in [-0.25, -0.2) is 0 Å². The third kappa shape index (κ3) is 8.55. The predicted octanol–water partition coefficient (Wildman–Crippen LogP) is 2.24. The number of likely N-dealkylation sites (N-methyl/N-ethyl adjacent to an activating group) is 1. The van der Waals surface area contributed by atoms with Crippen molar-refractivity contribution in [2.45, 2.75) is 33.2 Å². The Bertz CT molecular complexity index is 455. The van der Waals surface area contributed by atoms with Crippen LogP contribution in [0.1, 0.15) is 38.8 Å². The van der Waals surface area contributed by atoms with E-state index in [1.54, 1.807) is 0 Å². The van der Waals surface area contributed by atoms with E-state index in [-0.39, 0.29) is 30.0 Å². The Morgan fingerprint density at radius 2 is 2.04 bits per heavy atom. The first-order valence-electron chi connectivity index (χ1n) is 8.11. The highest BCUT2D eigenvalue weighted by molar-refractivity contribution is 14.0. The summed E-state index contributed by atoms with van der Waals surface area (Å²) in [7, 11) is 6.09. The minimum atomic E-state index is 0. The van der Waals surface area contributed by atoms with E-state index in [2.05, 4.69) is 61.7 Å². The Balaban J connectivity index is 0.00000484. The normalized spacial score (nSPS) is 13.1. The lowest BCUT2D eigenvalue weighted by Gasteiger charge is -2.22. The molecule has 6 nitrogen and oxygen atoms in total. The molecule has 2 N–H and O–H groups in total. The molecule has 0 bridgehead atoms. The van der Waals surface area contributed by atoms with Crippen LogP contribution in [0.5, 0.6) is 0 Å². The van der Waals surface area contributed by atoms with Crippen LogP contribution in [0.15, 0.2) is 17.4 Å². The molecule has 0 spiro atoms. The van der Waals surface area contributed by atoms with Crippen LogP contribution in [-0.4, -0.2) is 54.4 Å². The minimum Gasteiger partial charge on any atom is -0.357 e. The number of hydrogen-bond donors (Lipinski definition) is 2. The topological polar surface area (TPSA) is 57.5 Å². The molecule has 1 aromatic heterocycles. The fraction of sp³-hybridized carbons (Fsp3) is 0.750. The lowest BCUT2D eigenvalue weighted by Crippen LogP contribution is -2.38. The summed E-state index contributed by atoms with van der Waals surface area (Å²) in [4.78, 5) is 6.91. The highest BCUT2D eigenvalue weighted by Crippen LogP contribution is 2.17. The van der Waals surface area contributed by atoms with Crippen molar-refractivity contribution in [1.29, 1.82) is 0 Å². The molecule has 0 saturated heterocycles.